The summed E-state index contributed by atoms with van der Waals surface area (Å²) in [7, 11) is 0. The molecular formula is C13H22N2O. The maximum Gasteiger partial charge on any atom is 0.0765 e. The Bertz CT molecular complexity index is 355. The van der Waals surface area contributed by atoms with Crippen molar-refractivity contribution in [2.24, 2.45) is 0 Å². The van der Waals surface area contributed by atoms with Crippen molar-refractivity contribution in [2.75, 3.05) is 23.7 Å². The minimum atomic E-state index is -0.701. The summed E-state index contributed by atoms with van der Waals surface area (Å²) >= 11 is 0. The normalized spacial score (nSPS) is 11.6. The van der Waals surface area contributed by atoms with Crippen molar-refractivity contribution in [1.29, 1.82) is 0 Å². The van der Waals surface area contributed by atoms with E-state index in [1.54, 1.807) is 0 Å². The van der Waals surface area contributed by atoms with E-state index in [0.29, 0.717) is 6.54 Å². The molecule has 3 heteroatoms. The average Bonchev–Trinajstić information content (AvgIpc) is 2.18. The highest BCUT2D eigenvalue weighted by Crippen LogP contribution is 2.25. The molecular weight excluding hydrogens is 200 g/mol. The topological polar surface area (TPSA) is 49.5 Å². The first-order valence-corrected chi connectivity index (χ1v) is 5.67. The van der Waals surface area contributed by atoms with Crippen LogP contribution in [0.2, 0.25) is 0 Å². The van der Waals surface area contributed by atoms with Crippen LogP contribution >= 0.6 is 0 Å². The fourth-order valence-electron chi connectivity index (χ4n) is 1.82. The molecule has 0 aliphatic carbocycles. The largest absolute Gasteiger partial charge is 0.398 e. The van der Waals surface area contributed by atoms with Gasteiger partial charge in [-0.3, -0.25) is 0 Å². The predicted molar refractivity (Wildman–Crippen MR) is 69.8 cm³/mol. The monoisotopic (exact) mass is 222 g/mol. The summed E-state index contributed by atoms with van der Waals surface area (Å²) in [5, 5.41) is 9.87. The van der Waals surface area contributed by atoms with Gasteiger partial charge in [0.1, 0.15) is 0 Å². The van der Waals surface area contributed by atoms with E-state index in [-0.39, 0.29) is 0 Å². The van der Waals surface area contributed by atoms with Gasteiger partial charge >= 0.3 is 0 Å². The van der Waals surface area contributed by atoms with Crippen molar-refractivity contribution in [1.82, 2.24) is 0 Å². The van der Waals surface area contributed by atoms with Crippen molar-refractivity contribution >= 4 is 11.4 Å². The number of nitrogen functional groups attached to an aromatic ring is 1. The van der Waals surface area contributed by atoms with E-state index < -0.39 is 5.60 Å². The molecule has 0 radical (unpaired) electrons. The highest BCUT2D eigenvalue weighted by Gasteiger charge is 2.18. The van der Waals surface area contributed by atoms with E-state index in [2.05, 4.69) is 11.8 Å². The van der Waals surface area contributed by atoms with Crippen LogP contribution in [0, 0.1) is 6.92 Å². The molecule has 0 atom stereocenters. The lowest BCUT2D eigenvalue weighted by molar-refractivity contribution is 0.0876. The van der Waals surface area contributed by atoms with Crippen LogP contribution in [-0.4, -0.2) is 23.8 Å². The van der Waals surface area contributed by atoms with Crippen molar-refractivity contribution in [2.45, 2.75) is 33.3 Å². The fourth-order valence-corrected chi connectivity index (χ4v) is 1.82. The van der Waals surface area contributed by atoms with Gasteiger partial charge in [0, 0.05) is 24.5 Å². The highest BCUT2D eigenvalue weighted by atomic mass is 16.3. The Morgan fingerprint density at radius 1 is 1.38 bits per heavy atom. The third-order valence-electron chi connectivity index (χ3n) is 2.65. The molecule has 1 rings (SSSR count). The number of anilines is 2. The van der Waals surface area contributed by atoms with Crippen LogP contribution in [0.3, 0.4) is 0 Å². The Morgan fingerprint density at radius 3 is 2.50 bits per heavy atom. The molecule has 0 heterocycles. The van der Waals surface area contributed by atoms with Crippen LogP contribution in [0.4, 0.5) is 11.4 Å². The summed E-state index contributed by atoms with van der Waals surface area (Å²) in [4.78, 5) is 2.14. The fraction of sp³-hybridized carbons (Fsp3) is 0.538. The van der Waals surface area contributed by atoms with Crippen molar-refractivity contribution in [3.05, 3.63) is 23.8 Å². The molecule has 0 spiro atoms. The molecule has 1 aromatic rings. The Hall–Kier alpha value is -1.22. The molecule has 0 amide bonds. The maximum atomic E-state index is 9.87. The van der Waals surface area contributed by atoms with Gasteiger partial charge in [0.05, 0.1) is 5.60 Å². The van der Waals surface area contributed by atoms with Crippen molar-refractivity contribution < 1.29 is 5.11 Å². The first kappa shape index (κ1) is 12.8. The second kappa shape index (κ2) is 4.74. The highest BCUT2D eigenvalue weighted by molar-refractivity contribution is 5.64. The quantitative estimate of drug-likeness (QED) is 0.768. The summed E-state index contributed by atoms with van der Waals surface area (Å²) < 4.78 is 0. The smallest absolute Gasteiger partial charge is 0.0765 e. The van der Waals surface area contributed by atoms with Gasteiger partial charge in [-0.25, -0.2) is 0 Å². The SMILES string of the molecule is CCN(CC(C)(C)O)c1cccc(N)c1C. The number of hydrogen-bond donors (Lipinski definition) is 2. The van der Waals surface area contributed by atoms with Gasteiger partial charge in [0.15, 0.2) is 0 Å². The number of rotatable bonds is 4. The molecule has 0 saturated carbocycles. The molecule has 3 N–H and O–H groups in total. The molecule has 90 valence electrons. The number of aliphatic hydroxyl groups is 1. The number of benzene rings is 1. The summed E-state index contributed by atoms with van der Waals surface area (Å²) in [6, 6.07) is 5.89. The van der Waals surface area contributed by atoms with Gasteiger partial charge in [0.25, 0.3) is 0 Å². The first-order valence-electron chi connectivity index (χ1n) is 5.67. The molecule has 16 heavy (non-hydrogen) atoms. The Morgan fingerprint density at radius 2 is 2.00 bits per heavy atom. The molecule has 0 aliphatic rings. The molecule has 3 nitrogen and oxygen atoms in total. The second-order valence-electron chi connectivity index (χ2n) is 4.82. The van der Waals surface area contributed by atoms with E-state index in [4.69, 9.17) is 5.73 Å². The van der Waals surface area contributed by atoms with E-state index >= 15 is 0 Å². The molecule has 0 unspecified atom stereocenters. The number of nitrogens with zero attached hydrogens (tertiary/aromatic N) is 1. The lowest BCUT2D eigenvalue weighted by Crippen LogP contribution is -2.39. The standard InChI is InChI=1S/C13H22N2O/c1-5-15(9-13(3,4)16)12-8-6-7-11(14)10(12)2/h6-8,16H,5,9,14H2,1-4H3. The second-order valence-corrected chi connectivity index (χ2v) is 4.82. The van der Waals surface area contributed by atoms with Crippen LogP contribution in [0.1, 0.15) is 26.3 Å². The van der Waals surface area contributed by atoms with Gasteiger partial charge in [-0.1, -0.05) is 6.07 Å². The summed E-state index contributed by atoms with van der Waals surface area (Å²) in [5.74, 6) is 0. The predicted octanol–water partition coefficient (Wildman–Crippen LogP) is 2.17. The zero-order valence-corrected chi connectivity index (χ0v) is 10.6. The van der Waals surface area contributed by atoms with E-state index in [1.807, 2.05) is 39.0 Å². The Labute approximate surface area is 97.9 Å². The first-order chi connectivity index (χ1) is 7.35. The molecule has 0 saturated heterocycles. The maximum absolute atomic E-state index is 9.87. The minimum Gasteiger partial charge on any atom is -0.398 e. The van der Waals surface area contributed by atoms with E-state index in [9.17, 15) is 5.11 Å². The Balaban J connectivity index is 3.00. The summed E-state index contributed by atoms with van der Waals surface area (Å²) in [6.07, 6.45) is 0. The summed E-state index contributed by atoms with van der Waals surface area (Å²) in [5.41, 5.74) is 8.16. The molecule has 0 fully saturated rings. The van der Waals surface area contributed by atoms with Crippen LogP contribution < -0.4 is 10.6 Å². The number of nitrogens with two attached hydrogens (primary N) is 1. The lowest BCUT2D eigenvalue weighted by Gasteiger charge is -2.31. The third-order valence-corrected chi connectivity index (χ3v) is 2.65. The van der Waals surface area contributed by atoms with Gasteiger partial charge in [0.2, 0.25) is 0 Å². The molecule has 0 bridgehead atoms. The van der Waals surface area contributed by atoms with Crippen LogP contribution in [0.25, 0.3) is 0 Å². The number of likely N-dealkylation sites (N-methyl/N-ethyl adjacent to an activating group) is 1. The van der Waals surface area contributed by atoms with Gasteiger partial charge in [-0.05, 0) is 45.4 Å². The van der Waals surface area contributed by atoms with Gasteiger partial charge in [-0.15, -0.1) is 0 Å². The van der Waals surface area contributed by atoms with Crippen molar-refractivity contribution in [3.8, 4) is 0 Å². The van der Waals surface area contributed by atoms with Crippen LogP contribution in [0.15, 0.2) is 18.2 Å². The summed E-state index contributed by atoms with van der Waals surface area (Å²) in [6.45, 7) is 9.18. The molecule has 0 aliphatic heterocycles. The van der Waals surface area contributed by atoms with Gasteiger partial charge < -0.3 is 15.7 Å². The van der Waals surface area contributed by atoms with Gasteiger partial charge in [-0.2, -0.15) is 0 Å². The lowest BCUT2D eigenvalue weighted by atomic mass is 10.1. The Kier molecular flexibility index (Phi) is 3.81. The minimum absolute atomic E-state index is 0.605. The van der Waals surface area contributed by atoms with Crippen LogP contribution in [-0.2, 0) is 0 Å². The van der Waals surface area contributed by atoms with E-state index in [1.165, 1.54) is 0 Å². The zero-order valence-electron chi connectivity index (χ0n) is 10.6. The van der Waals surface area contributed by atoms with Crippen LogP contribution in [0.5, 0.6) is 0 Å². The average molecular weight is 222 g/mol. The molecule has 0 aromatic heterocycles. The third kappa shape index (κ3) is 3.14. The van der Waals surface area contributed by atoms with Crippen molar-refractivity contribution in [3.63, 3.8) is 0 Å². The van der Waals surface area contributed by atoms with E-state index in [0.717, 1.165) is 23.5 Å². The molecule has 1 aromatic carbocycles. The zero-order chi connectivity index (χ0) is 12.3. The number of hydrogen-bond acceptors (Lipinski definition) is 3.